The van der Waals surface area contributed by atoms with Crippen LogP contribution in [-0.4, -0.2) is 60.4 Å². The lowest BCUT2D eigenvalue weighted by Crippen LogP contribution is -2.49. The molecule has 10 nitrogen and oxygen atoms in total. The molecule has 2 spiro atoms. The summed E-state index contributed by atoms with van der Waals surface area (Å²) in [6.45, 7) is 5.46. The number of Topliss-reactive ketones (excluding diaryl/α,β-unsaturated/α-hetero) is 3. The van der Waals surface area contributed by atoms with Gasteiger partial charge in [-0.3, -0.25) is 19.2 Å². The minimum absolute atomic E-state index is 0.000922. The van der Waals surface area contributed by atoms with Gasteiger partial charge in [-0.15, -0.1) is 0 Å². The second-order valence-electron chi connectivity index (χ2n) is 16.1. The van der Waals surface area contributed by atoms with E-state index < -0.39 is 5.91 Å². The van der Waals surface area contributed by atoms with E-state index in [1.165, 1.54) is 31.2 Å². The number of likely N-dealkylation sites (tertiary alicyclic amines) is 1. The molecule has 2 heterocycles. The lowest BCUT2D eigenvalue weighted by molar-refractivity contribution is 0.0734. The Hall–Kier alpha value is -5.59. The number of nitrogens with zero attached hydrogens (tertiary/aromatic N) is 1. The predicted molar refractivity (Wildman–Crippen MR) is 217 cm³/mol. The molecule has 0 unspecified atom stereocenters. The molecule has 3 amide bonds. The van der Waals surface area contributed by atoms with Crippen molar-refractivity contribution >= 4 is 29.3 Å². The van der Waals surface area contributed by atoms with Crippen molar-refractivity contribution in [2.24, 2.45) is 22.3 Å². The third-order valence-electron chi connectivity index (χ3n) is 11.9. The first-order valence-corrected chi connectivity index (χ1v) is 19.8. The molecule has 0 radical (unpaired) electrons. The van der Waals surface area contributed by atoms with E-state index in [-0.39, 0.29) is 45.8 Å². The van der Waals surface area contributed by atoms with Gasteiger partial charge in [0.1, 0.15) is 11.6 Å². The van der Waals surface area contributed by atoms with E-state index in [0.717, 1.165) is 73.9 Å². The molecule has 2 saturated heterocycles. The minimum Gasteiger partial charge on any atom is -0.366 e. The summed E-state index contributed by atoms with van der Waals surface area (Å²) >= 11 is 0. The second-order valence-corrected chi connectivity index (χ2v) is 16.1. The monoisotopic (exact) mass is 791 g/mol. The van der Waals surface area contributed by atoms with Gasteiger partial charge < -0.3 is 27.0 Å². The van der Waals surface area contributed by atoms with Gasteiger partial charge in [0.25, 0.3) is 0 Å². The van der Waals surface area contributed by atoms with Crippen molar-refractivity contribution in [1.82, 2.24) is 15.5 Å². The number of nitrogens with two attached hydrogens (primary N) is 2. The Morgan fingerprint density at radius 3 is 1.76 bits per heavy atom. The van der Waals surface area contributed by atoms with Gasteiger partial charge in [0.15, 0.2) is 17.3 Å². The molecule has 2 aliphatic heterocycles. The first kappa shape index (κ1) is 42.0. The highest BCUT2D eigenvalue weighted by molar-refractivity contribution is 6.00. The van der Waals surface area contributed by atoms with E-state index in [1.807, 2.05) is 18.2 Å². The third kappa shape index (κ3) is 10.3. The number of nitrogens with one attached hydrogen (secondary N) is 2. The smallest absolute Gasteiger partial charge is 0.317 e. The number of hydrogen-bond acceptors (Lipinski definition) is 7. The normalized spacial score (nSPS) is 17.5. The van der Waals surface area contributed by atoms with E-state index in [1.54, 1.807) is 47.4 Å². The van der Waals surface area contributed by atoms with Crippen LogP contribution in [0.1, 0.15) is 109 Å². The Bertz CT molecular complexity index is 2190. The van der Waals surface area contributed by atoms with Crippen molar-refractivity contribution in [3.63, 3.8) is 0 Å². The molecular weight excluding hydrogens is 741 g/mol. The van der Waals surface area contributed by atoms with Crippen LogP contribution >= 0.6 is 0 Å². The SMILES string of the molecule is CC(=O)c1cccc(CNC(=O)N2CCC3(CC2)CC(=O)c2cc(F)ccc2C3)c1.NCc1cccc(C(N)=O)c1.O=C1CC2(CCNCC2)Cc2ccc(F)cc21. The van der Waals surface area contributed by atoms with E-state index in [0.29, 0.717) is 61.3 Å². The van der Waals surface area contributed by atoms with Gasteiger partial charge in [0.2, 0.25) is 5.91 Å². The van der Waals surface area contributed by atoms with Crippen LogP contribution in [0.5, 0.6) is 0 Å². The van der Waals surface area contributed by atoms with E-state index >= 15 is 0 Å². The first-order chi connectivity index (χ1) is 27.8. The molecule has 6 N–H and O–H groups in total. The average Bonchev–Trinajstić information content (AvgIpc) is 3.22. The van der Waals surface area contributed by atoms with Crippen LogP contribution in [0, 0.1) is 22.5 Å². The Morgan fingerprint density at radius 2 is 1.22 bits per heavy atom. The van der Waals surface area contributed by atoms with Gasteiger partial charge in [-0.05, 0) is 134 Å². The van der Waals surface area contributed by atoms with Crippen LogP contribution in [0.25, 0.3) is 0 Å². The number of rotatable bonds is 5. The highest BCUT2D eigenvalue weighted by Crippen LogP contribution is 2.44. The zero-order valence-electron chi connectivity index (χ0n) is 32.9. The van der Waals surface area contributed by atoms with Crippen LogP contribution in [0.15, 0.2) is 84.9 Å². The van der Waals surface area contributed by atoms with Crippen LogP contribution in [0.4, 0.5) is 13.6 Å². The summed E-state index contributed by atoms with van der Waals surface area (Å²) < 4.78 is 26.6. The molecule has 4 aromatic carbocycles. The summed E-state index contributed by atoms with van der Waals surface area (Å²) in [7, 11) is 0. The van der Waals surface area contributed by atoms with Crippen molar-refractivity contribution in [2.45, 2.75) is 71.4 Å². The number of hydrogen-bond donors (Lipinski definition) is 4. The predicted octanol–water partition coefficient (Wildman–Crippen LogP) is 6.72. The van der Waals surface area contributed by atoms with Crippen LogP contribution < -0.4 is 22.1 Å². The van der Waals surface area contributed by atoms with Gasteiger partial charge in [0, 0.05) is 61.3 Å². The fourth-order valence-corrected chi connectivity index (χ4v) is 8.62. The molecule has 0 aromatic heterocycles. The van der Waals surface area contributed by atoms with Gasteiger partial charge >= 0.3 is 6.03 Å². The van der Waals surface area contributed by atoms with Gasteiger partial charge in [0.05, 0.1) is 0 Å². The van der Waals surface area contributed by atoms with Gasteiger partial charge in [-0.25, -0.2) is 13.6 Å². The fourth-order valence-electron chi connectivity index (χ4n) is 8.62. The minimum atomic E-state index is -0.416. The summed E-state index contributed by atoms with van der Waals surface area (Å²) in [5.41, 5.74) is 16.4. The molecule has 12 heteroatoms. The van der Waals surface area contributed by atoms with E-state index in [2.05, 4.69) is 10.6 Å². The van der Waals surface area contributed by atoms with Gasteiger partial charge in [-0.1, -0.05) is 42.5 Å². The number of amides is 3. The molecule has 8 rings (SSSR count). The van der Waals surface area contributed by atoms with Gasteiger partial charge in [-0.2, -0.15) is 0 Å². The Labute approximate surface area is 337 Å². The molecule has 0 atom stereocenters. The topological polar surface area (TPSA) is 165 Å². The molecule has 0 saturated carbocycles. The number of halogens is 2. The fraction of sp³-hybridized carbons (Fsp3) is 0.370. The van der Waals surface area contributed by atoms with Crippen molar-refractivity contribution in [1.29, 1.82) is 0 Å². The van der Waals surface area contributed by atoms with Crippen LogP contribution in [0.2, 0.25) is 0 Å². The number of carbonyl (C=O) groups excluding carboxylic acids is 5. The number of fused-ring (bicyclic) bond motifs is 2. The standard InChI is InChI=1S/C24H25FN2O3.C14H16FNO.C8H10N2O/c1-16(28)18-4-2-3-17(11-18)15-26-23(30)27-9-7-24(8-10-27)13-19-5-6-20(25)12-21(19)22(29)14-24;15-11-2-1-10-8-14(3-5-16-6-4-14)9-13(17)12(10)7-11;9-5-6-2-1-3-7(4-6)8(10)11/h2-6,11-12H,7-10,13-15H2,1H3,(H,26,30);1-2,7,16H,3-6,8-9H2;1-4H,5,9H2,(H2,10,11). The largest absolute Gasteiger partial charge is 0.366 e. The Morgan fingerprint density at radius 1 is 0.707 bits per heavy atom. The number of benzene rings is 4. The highest BCUT2D eigenvalue weighted by atomic mass is 19.1. The molecule has 4 aliphatic rings. The zero-order chi connectivity index (χ0) is 41.5. The highest BCUT2D eigenvalue weighted by Gasteiger charge is 2.42. The number of piperidine rings is 2. The van der Waals surface area contributed by atoms with Crippen molar-refractivity contribution in [2.75, 3.05) is 26.2 Å². The van der Waals surface area contributed by atoms with Crippen LogP contribution in [-0.2, 0) is 25.9 Å². The second kappa shape index (κ2) is 18.3. The maximum absolute atomic E-state index is 13.5. The van der Waals surface area contributed by atoms with E-state index in [4.69, 9.17) is 11.5 Å². The maximum atomic E-state index is 13.5. The Kier molecular flexibility index (Phi) is 13.3. The van der Waals surface area contributed by atoms with Crippen molar-refractivity contribution in [3.05, 3.63) is 141 Å². The van der Waals surface area contributed by atoms with E-state index in [9.17, 15) is 32.8 Å². The molecule has 2 aliphatic carbocycles. The van der Waals surface area contributed by atoms with Crippen molar-refractivity contribution in [3.8, 4) is 0 Å². The lowest BCUT2D eigenvalue weighted by atomic mass is 9.66. The number of ketones is 3. The maximum Gasteiger partial charge on any atom is 0.317 e. The van der Waals surface area contributed by atoms with Crippen LogP contribution in [0.3, 0.4) is 0 Å². The lowest BCUT2D eigenvalue weighted by Gasteiger charge is -2.44. The number of urea groups is 1. The number of carbonyl (C=O) groups is 5. The average molecular weight is 792 g/mol. The summed E-state index contributed by atoms with van der Waals surface area (Å²) in [6.07, 6.45) is 6.29. The molecule has 4 aromatic rings. The zero-order valence-corrected chi connectivity index (χ0v) is 32.9. The quantitative estimate of drug-likeness (QED) is 0.163. The molecular formula is C46H51F2N5O5. The Balaban J connectivity index is 0.000000169. The summed E-state index contributed by atoms with van der Waals surface area (Å²) in [5, 5.41) is 6.26. The number of primary amides is 1. The molecule has 0 bridgehead atoms. The van der Waals surface area contributed by atoms with Crippen molar-refractivity contribution < 1.29 is 32.8 Å². The summed E-state index contributed by atoms with van der Waals surface area (Å²) in [6, 6.07) is 23.2. The summed E-state index contributed by atoms with van der Waals surface area (Å²) in [5.74, 6) is -0.987. The molecule has 58 heavy (non-hydrogen) atoms. The molecule has 2 fully saturated rings. The third-order valence-corrected chi connectivity index (χ3v) is 11.9. The first-order valence-electron chi connectivity index (χ1n) is 19.8. The summed E-state index contributed by atoms with van der Waals surface area (Å²) in [4.78, 5) is 61.2. The molecule has 304 valence electrons.